The number of rotatable bonds is 6. The molecule has 1 saturated heterocycles. The standard InChI is InChI=1S/C13H26N2O2/c1-11-6-5-9-15(10-11)8-4-3-7-13(2,14)12(16)17/h11H,3-10,14H2,1-2H3,(H,16,17). The Morgan fingerprint density at radius 1 is 1.53 bits per heavy atom. The van der Waals surface area contributed by atoms with Crippen LogP contribution in [-0.2, 0) is 4.79 Å². The average molecular weight is 242 g/mol. The second-order valence-electron chi connectivity index (χ2n) is 5.73. The maximum absolute atomic E-state index is 10.8. The third-order valence-corrected chi connectivity index (χ3v) is 3.65. The molecular weight excluding hydrogens is 216 g/mol. The van der Waals surface area contributed by atoms with Crippen molar-refractivity contribution in [2.75, 3.05) is 19.6 Å². The summed E-state index contributed by atoms with van der Waals surface area (Å²) < 4.78 is 0. The molecule has 2 atom stereocenters. The highest BCUT2D eigenvalue weighted by Crippen LogP contribution is 2.17. The number of likely N-dealkylation sites (tertiary alicyclic amines) is 1. The molecule has 1 heterocycles. The highest BCUT2D eigenvalue weighted by atomic mass is 16.4. The van der Waals surface area contributed by atoms with Crippen LogP contribution in [0.1, 0.15) is 46.0 Å². The van der Waals surface area contributed by atoms with E-state index in [1.54, 1.807) is 6.92 Å². The number of carboxylic acid groups (broad SMARTS) is 1. The molecule has 100 valence electrons. The van der Waals surface area contributed by atoms with E-state index in [0.717, 1.165) is 25.3 Å². The SMILES string of the molecule is CC1CCCN(CCCCC(C)(N)C(=O)O)C1. The predicted octanol–water partition coefficient (Wildman–Crippen LogP) is 1.69. The Hall–Kier alpha value is -0.610. The topological polar surface area (TPSA) is 66.6 Å². The molecule has 1 rings (SSSR count). The van der Waals surface area contributed by atoms with Crippen molar-refractivity contribution in [2.45, 2.75) is 51.5 Å². The summed E-state index contributed by atoms with van der Waals surface area (Å²) in [5.41, 5.74) is 4.63. The van der Waals surface area contributed by atoms with Crippen LogP contribution in [0.2, 0.25) is 0 Å². The molecule has 0 spiro atoms. The smallest absolute Gasteiger partial charge is 0.323 e. The number of hydrogen-bond acceptors (Lipinski definition) is 3. The van der Waals surface area contributed by atoms with Gasteiger partial charge in [0.2, 0.25) is 0 Å². The number of unbranched alkanes of at least 4 members (excludes halogenated alkanes) is 1. The van der Waals surface area contributed by atoms with E-state index in [9.17, 15) is 4.79 Å². The van der Waals surface area contributed by atoms with E-state index in [1.807, 2.05) is 0 Å². The van der Waals surface area contributed by atoms with E-state index in [1.165, 1.54) is 25.9 Å². The summed E-state index contributed by atoms with van der Waals surface area (Å²) in [4.78, 5) is 13.3. The number of aliphatic carboxylic acids is 1. The van der Waals surface area contributed by atoms with Crippen molar-refractivity contribution in [2.24, 2.45) is 11.7 Å². The fourth-order valence-electron chi connectivity index (χ4n) is 2.42. The molecule has 0 aromatic rings. The second-order valence-corrected chi connectivity index (χ2v) is 5.73. The van der Waals surface area contributed by atoms with Crippen LogP contribution < -0.4 is 5.73 Å². The Bertz CT molecular complexity index is 254. The summed E-state index contributed by atoms with van der Waals surface area (Å²) >= 11 is 0. The van der Waals surface area contributed by atoms with E-state index in [-0.39, 0.29) is 0 Å². The lowest BCUT2D eigenvalue weighted by Gasteiger charge is -2.31. The van der Waals surface area contributed by atoms with Gasteiger partial charge in [-0.05, 0) is 58.0 Å². The fourth-order valence-corrected chi connectivity index (χ4v) is 2.42. The van der Waals surface area contributed by atoms with E-state index < -0.39 is 11.5 Å². The molecule has 1 aliphatic rings. The molecule has 0 amide bonds. The summed E-state index contributed by atoms with van der Waals surface area (Å²) in [6.07, 6.45) is 5.14. The maximum Gasteiger partial charge on any atom is 0.323 e. The van der Waals surface area contributed by atoms with Crippen molar-refractivity contribution in [1.82, 2.24) is 4.90 Å². The van der Waals surface area contributed by atoms with Gasteiger partial charge in [0.05, 0.1) is 0 Å². The van der Waals surface area contributed by atoms with Crippen LogP contribution in [0.25, 0.3) is 0 Å². The number of piperidine rings is 1. The van der Waals surface area contributed by atoms with E-state index >= 15 is 0 Å². The molecule has 4 nitrogen and oxygen atoms in total. The zero-order chi connectivity index (χ0) is 12.9. The molecule has 17 heavy (non-hydrogen) atoms. The molecule has 0 aromatic carbocycles. The van der Waals surface area contributed by atoms with Gasteiger partial charge in [-0.1, -0.05) is 6.92 Å². The maximum atomic E-state index is 10.8. The number of nitrogens with zero attached hydrogens (tertiary/aromatic N) is 1. The molecule has 0 radical (unpaired) electrons. The second kappa shape index (κ2) is 6.36. The van der Waals surface area contributed by atoms with Crippen LogP contribution in [0.4, 0.5) is 0 Å². The van der Waals surface area contributed by atoms with E-state index in [0.29, 0.717) is 6.42 Å². The monoisotopic (exact) mass is 242 g/mol. The third kappa shape index (κ3) is 5.04. The summed E-state index contributed by atoms with van der Waals surface area (Å²) in [5.74, 6) is -0.0911. The van der Waals surface area contributed by atoms with Crippen molar-refractivity contribution in [3.05, 3.63) is 0 Å². The van der Waals surface area contributed by atoms with Gasteiger partial charge in [0.1, 0.15) is 5.54 Å². The molecule has 1 aliphatic heterocycles. The Labute approximate surface area is 104 Å². The largest absolute Gasteiger partial charge is 0.480 e. The molecule has 4 heteroatoms. The molecule has 2 unspecified atom stereocenters. The predicted molar refractivity (Wildman–Crippen MR) is 68.9 cm³/mol. The number of nitrogens with two attached hydrogens (primary N) is 1. The first kappa shape index (κ1) is 14.5. The highest BCUT2D eigenvalue weighted by Gasteiger charge is 2.27. The first-order valence-corrected chi connectivity index (χ1v) is 6.66. The molecule has 3 N–H and O–H groups in total. The van der Waals surface area contributed by atoms with Crippen molar-refractivity contribution in [3.63, 3.8) is 0 Å². The molecule has 0 saturated carbocycles. The van der Waals surface area contributed by atoms with Gasteiger partial charge in [-0.15, -0.1) is 0 Å². The van der Waals surface area contributed by atoms with Gasteiger partial charge < -0.3 is 15.7 Å². The van der Waals surface area contributed by atoms with Crippen molar-refractivity contribution in [3.8, 4) is 0 Å². The molecule has 1 fully saturated rings. The number of hydrogen-bond donors (Lipinski definition) is 2. The molecule has 0 bridgehead atoms. The quantitative estimate of drug-likeness (QED) is 0.696. The summed E-state index contributed by atoms with van der Waals surface area (Å²) in [6.45, 7) is 7.37. The van der Waals surface area contributed by atoms with Gasteiger partial charge in [-0.3, -0.25) is 4.79 Å². The zero-order valence-corrected chi connectivity index (χ0v) is 11.1. The van der Waals surface area contributed by atoms with Crippen molar-refractivity contribution in [1.29, 1.82) is 0 Å². The normalized spacial score (nSPS) is 25.5. The Balaban J connectivity index is 2.13. The van der Waals surface area contributed by atoms with Crippen LogP contribution in [-0.4, -0.2) is 41.1 Å². The Morgan fingerprint density at radius 3 is 2.82 bits per heavy atom. The minimum atomic E-state index is -1.06. The summed E-state index contributed by atoms with van der Waals surface area (Å²) in [6, 6.07) is 0. The van der Waals surface area contributed by atoms with E-state index in [4.69, 9.17) is 10.8 Å². The highest BCUT2D eigenvalue weighted by molar-refractivity contribution is 5.77. The van der Waals surface area contributed by atoms with Crippen molar-refractivity contribution >= 4 is 5.97 Å². The zero-order valence-electron chi connectivity index (χ0n) is 11.1. The van der Waals surface area contributed by atoms with Crippen molar-refractivity contribution < 1.29 is 9.90 Å². The third-order valence-electron chi connectivity index (χ3n) is 3.65. The lowest BCUT2D eigenvalue weighted by Crippen LogP contribution is -2.44. The summed E-state index contributed by atoms with van der Waals surface area (Å²) in [5, 5.41) is 8.89. The van der Waals surface area contributed by atoms with Crippen LogP contribution >= 0.6 is 0 Å². The minimum Gasteiger partial charge on any atom is -0.480 e. The summed E-state index contributed by atoms with van der Waals surface area (Å²) in [7, 11) is 0. The molecular formula is C13H26N2O2. The lowest BCUT2D eigenvalue weighted by atomic mass is 9.96. The van der Waals surface area contributed by atoms with Crippen LogP contribution in [0.5, 0.6) is 0 Å². The number of carboxylic acids is 1. The van der Waals surface area contributed by atoms with Gasteiger partial charge in [-0.25, -0.2) is 0 Å². The minimum absolute atomic E-state index is 0.561. The van der Waals surface area contributed by atoms with Gasteiger partial charge >= 0.3 is 5.97 Å². The van der Waals surface area contributed by atoms with Gasteiger partial charge in [0, 0.05) is 6.54 Å². The van der Waals surface area contributed by atoms with Crippen LogP contribution in [0.15, 0.2) is 0 Å². The Kier molecular flexibility index (Phi) is 5.40. The van der Waals surface area contributed by atoms with E-state index in [2.05, 4.69) is 11.8 Å². The lowest BCUT2D eigenvalue weighted by molar-refractivity contribution is -0.142. The van der Waals surface area contributed by atoms with Gasteiger partial charge in [-0.2, -0.15) is 0 Å². The van der Waals surface area contributed by atoms with Crippen LogP contribution in [0, 0.1) is 5.92 Å². The first-order chi connectivity index (χ1) is 7.92. The van der Waals surface area contributed by atoms with Crippen LogP contribution in [0.3, 0.4) is 0 Å². The number of carbonyl (C=O) groups is 1. The molecule has 0 aliphatic carbocycles. The molecule has 0 aromatic heterocycles. The van der Waals surface area contributed by atoms with Gasteiger partial charge in [0.15, 0.2) is 0 Å². The Morgan fingerprint density at radius 2 is 2.24 bits per heavy atom. The first-order valence-electron chi connectivity index (χ1n) is 6.66. The average Bonchev–Trinajstić information content (AvgIpc) is 2.24. The fraction of sp³-hybridized carbons (Fsp3) is 0.923. The van der Waals surface area contributed by atoms with Gasteiger partial charge in [0.25, 0.3) is 0 Å².